The largest absolute Gasteiger partial charge is 0.439 e. The monoisotopic (exact) mass is 404 g/mol. The molecular weight excluding hydrogens is 388 g/mol. The fourth-order valence-electron chi connectivity index (χ4n) is 2.45. The zero-order valence-corrected chi connectivity index (χ0v) is 16.2. The summed E-state index contributed by atoms with van der Waals surface area (Å²) < 4.78 is 5.67. The summed E-state index contributed by atoms with van der Waals surface area (Å²) in [4.78, 5) is 28.8. The molecule has 8 nitrogen and oxygen atoms in total. The number of nitrogens with one attached hydrogen (secondary N) is 2. The van der Waals surface area contributed by atoms with Gasteiger partial charge in [-0.25, -0.2) is 19.7 Å². The lowest BCUT2D eigenvalue weighted by atomic mass is 10.2. The Morgan fingerprint density at radius 3 is 2.72 bits per heavy atom. The molecule has 4 rings (SSSR count). The van der Waals surface area contributed by atoms with Crippen molar-refractivity contribution in [1.29, 1.82) is 0 Å². The number of thiazole rings is 1. The van der Waals surface area contributed by atoms with E-state index in [4.69, 9.17) is 4.74 Å². The van der Waals surface area contributed by atoms with E-state index in [-0.39, 0.29) is 6.03 Å². The van der Waals surface area contributed by atoms with Gasteiger partial charge in [0.15, 0.2) is 5.13 Å². The summed E-state index contributed by atoms with van der Waals surface area (Å²) in [6.45, 7) is 1.86. The Balaban J connectivity index is 1.34. The van der Waals surface area contributed by atoms with Crippen LogP contribution in [-0.2, 0) is 0 Å². The second-order valence-electron chi connectivity index (χ2n) is 5.98. The molecule has 9 heteroatoms. The zero-order chi connectivity index (χ0) is 20.1. The minimum atomic E-state index is -0.378. The maximum absolute atomic E-state index is 12.2. The molecule has 1 aromatic carbocycles. The van der Waals surface area contributed by atoms with E-state index in [2.05, 4.69) is 30.6 Å². The highest BCUT2D eigenvalue weighted by molar-refractivity contribution is 7.14. The lowest BCUT2D eigenvalue weighted by Gasteiger charge is -2.08. The van der Waals surface area contributed by atoms with Crippen LogP contribution in [0, 0.1) is 6.92 Å². The van der Waals surface area contributed by atoms with Crippen molar-refractivity contribution in [2.75, 3.05) is 10.6 Å². The molecule has 0 saturated carbocycles. The number of aromatic nitrogens is 4. The van der Waals surface area contributed by atoms with Crippen molar-refractivity contribution in [2.24, 2.45) is 0 Å². The number of hydrogen-bond acceptors (Lipinski definition) is 7. The van der Waals surface area contributed by atoms with Gasteiger partial charge in [0, 0.05) is 40.8 Å². The van der Waals surface area contributed by atoms with E-state index in [1.165, 1.54) is 17.7 Å². The van der Waals surface area contributed by atoms with Gasteiger partial charge in [0.25, 0.3) is 0 Å². The number of carbonyl (C=O) groups excluding carboxylic acids is 1. The lowest BCUT2D eigenvalue weighted by molar-refractivity contribution is 0.262. The second-order valence-corrected chi connectivity index (χ2v) is 6.84. The molecule has 0 atom stereocenters. The molecule has 0 aliphatic carbocycles. The van der Waals surface area contributed by atoms with Crippen molar-refractivity contribution in [2.45, 2.75) is 6.92 Å². The molecule has 0 aliphatic rings. The molecule has 0 unspecified atom stereocenters. The van der Waals surface area contributed by atoms with Gasteiger partial charge < -0.3 is 10.1 Å². The number of carbonyl (C=O) groups is 1. The number of aryl methyl sites for hydroxylation is 1. The Labute approximate surface area is 170 Å². The third kappa shape index (κ3) is 4.90. The van der Waals surface area contributed by atoms with Crippen LogP contribution >= 0.6 is 11.3 Å². The molecule has 144 valence electrons. The molecule has 4 aromatic rings. The van der Waals surface area contributed by atoms with Gasteiger partial charge >= 0.3 is 6.03 Å². The van der Waals surface area contributed by atoms with E-state index in [1.54, 1.807) is 42.7 Å². The maximum Gasteiger partial charge on any atom is 0.325 e. The molecule has 0 aliphatic heterocycles. The molecule has 2 N–H and O–H groups in total. The smallest absolute Gasteiger partial charge is 0.325 e. The maximum atomic E-state index is 12.2. The molecule has 0 saturated heterocycles. The summed E-state index contributed by atoms with van der Waals surface area (Å²) in [5.41, 5.74) is 3.10. The zero-order valence-electron chi connectivity index (χ0n) is 15.4. The molecule has 0 radical (unpaired) electrons. The van der Waals surface area contributed by atoms with Crippen molar-refractivity contribution >= 4 is 28.2 Å². The highest BCUT2D eigenvalue weighted by Gasteiger charge is 2.09. The Kier molecular flexibility index (Phi) is 5.39. The van der Waals surface area contributed by atoms with E-state index in [0.29, 0.717) is 22.4 Å². The summed E-state index contributed by atoms with van der Waals surface area (Å²) >= 11 is 1.35. The minimum absolute atomic E-state index is 0.378. The first-order valence-corrected chi connectivity index (χ1v) is 9.54. The Morgan fingerprint density at radius 2 is 1.97 bits per heavy atom. The number of pyridine rings is 1. The highest BCUT2D eigenvalue weighted by atomic mass is 32.1. The summed E-state index contributed by atoms with van der Waals surface area (Å²) in [7, 11) is 0. The molecule has 0 spiro atoms. The normalized spacial score (nSPS) is 10.4. The number of rotatable bonds is 5. The first-order chi connectivity index (χ1) is 14.2. The SMILES string of the molecule is Cc1cc(Oc2ccc(NC(=O)Nc3nc(-c4cccnc4)cs3)cc2)ncn1. The first kappa shape index (κ1) is 18.5. The van der Waals surface area contributed by atoms with Gasteiger partial charge in [-0.15, -0.1) is 11.3 Å². The van der Waals surface area contributed by atoms with Crippen LogP contribution in [0.4, 0.5) is 15.6 Å². The fraction of sp³-hybridized carbons (Fsp3) is 0.0500. The van der Waals surface area contributed by atoms with Crippen molar-refractivity contribution in [3.05, 3.63) is 72.3 Å². The van der Waals surface area contributed by atoms with E-state index < -0.39 is 0 Å². The number of anilines is 2. The summed E-state index contributed by atoms with van der Waals surface area (Å²) in [6, 6.07) is 12.1. The Hall–Kier alpha value is -3.85. The van der Waals surface area contributed by atoms with Gasteiger partial charge in [-0.1, -0.05) is 0 Å². The van der Waals surface area contributed by atoms with Crippen molar-refractivity contribution in [1.82, 2.24) is 19.9 Å². The van der Waals surface area contributed by atoms with E-state index in [9.17, 15) is 4.79 Å². The van der Waals surface area contributed by atoms with E-state index in [1.807, 2.05) is 24.4 Å². The van der Waals surface area contributed by atoms with Gasteiger partial charge in [0.1, 0.15) is 12.1 Å². The molecule has 0 fully saturated rings. The molecule has 2 amide bonds. The first-order valence-electron chi connectivity index (χ1n) is 8.66. The van der Waals surface area contributed by atoms with Crippen molar-refractivity contribution in [3.8, 4) is 22.9 Å². The lowest BCUT2D eigenvalue weighted by Crippen LogP contribution is -2.19. The Bertz CT molecular complexity index is 1120. The molecule has 29 heavy (non-hydrogen) atoms. The van der Waals surface area contributed by atoms with Crippen LogP contribution in [0.15, 0.2) is 66.6 Å². The van der Waals surface area contributed by atoms with Gasteiger partial charge in [0.05, 0.1) is 5.69 Å². The van der Waals surface area contributed by atoms with E-state index >= 15 is 0 Å². The third-order valence-corrected chi connectivity index (χ3v) is 4.55. The quantitative estimate of drug-likeness (QED) is 0.498. The van der Waals surface area contributed by atoms with Crippen molar-refractivity contribution in [3.63, 3.8) is 0 Å². The predicted octanol–water partition coefficient (Wildman–Crippen LogP) is 4.74. The number of hydrogen-bond donors (Lipinski definition) is 2. The van der Waals surface area contributed by atoms with Gasteiger partial charge in [-0.2, -0.15) is 0 Å². The van der Waals surface area contributed by atoms with Gasteiger partial charge in [0.2, 0.25) is 5.88 Å². The fourth-order valence-corrected chi connectivity index (χ4v) is 3.17. The van der Waals surface area contributed by atoms with Crippen LogP contribution in [0.25, 0.3) is 11.3 Å². The molecule has 3 aromatic heterocycles. The second kappa shape index (κ2) is 8.44. The Morgan fingerprint density at radius 1 is 1.10 bits per heavy atom. The highest BCUT2D eigenvalue weighted by Crippen LogP contribution is 2.25. The van der Waals surface area contributed by atoms with Crippen LogP contribution in [0.2, 0.25) is 0 Å². The average Bonchev–Trinajstić information content (AvgIpc) is 3.18. The third-order valence-electron chi connectivity index (χ3n) is 3.80. The van der Waals surface area contributed by atoms with Crippen LogP contribution in [0.1, 0.15) is 5.69 Å². The molecule has 0 bridgehead atoms. The number of ether oxygens (including phenoxy) is 1. The van der Waals surface area contributed by atoms with Gasteiger partial charge in [-0.3, -0.25) is 10.3 Å². The number of nitrogens with zero attached hydrogens (tertiary/aromatic N) is 4. The van der Waals surface area contributed by atoms with Crippen LogP contribution < -0.4 is 15.4 Å². The number of urea groups is 1. The summed E-state index contributed by atoms with van der Waals surface area (Å²) in [5, 5.41) is 7.86. The standard InChI is InChI=1S/C20H16N6O2S/c1-13-9-18(23-12-22-13)28-16-6-4-15(5-7-16)24-19(27)26-20-25-17(11-29-20)14-3-2-8-21-10-14/h2-12H,1H3,(H2,24,25,26,27). The minimum Gasteiger partial charge on any atom is -0.439 e. The topological polar surface area (TPSA) is 102 Å². The van der Waals surface area contributed by atoms with Crippen LogP contribution in [0.5, 0.6) is 11.6 Å². The molecular formula is C20H16N6O2S. The van der Waals surface area contributed by atoms with Crippen LogP contribution in [-0.4, -0.2) is 26.0 Å². The molecule has 3 heterocycles. The number of amides is 2. The van der Waals surface area contributed by atoms with Gasteiger partial charge in [-0.05, 0) is 43.3 Å². The summed E-state index contributed by atoms with van der Waals surface area (Å²) in [6.07, 6.45) is 4.88. The van der Waals surface area contributed by atoms with E-state index in [0.717, 1.165) is 17.0 Å². The summed E-state index contributed by atoms with van der Waals surface area (Å²) in [5.74, 6) is 1.07. The van der Waals surface area contributed by atoms with Crippen molar-refractivity contribution < 1.29 is 9.53 Å². The number of benzene rings is 1. The van der Waals surface area contributed by atoms with Crippen LogP contribution in [0.3, 0.4) is 0 Å². The average molecular weight is 404 g/mol. The predicted molar refractivity (Wildman–Crippen MR) is 111 cm³/mol.